The fourth-order valence-electron chi connectivity index (χ4n) is 6.58. The molecular formula is C45H87O10P. The molecule has 0 rings (SSSR count). The van der Waals surface area contributed by atoms with Gasteiger partial charge in [-0.25, -0.2) is 4.57 Å². The number of carbonyl (C=O) groups is 2. The Hall–Kier alpha value is -1.29. The van der Waals surface area contributed by atoms with Gasteiger partial charge in [-0.3, -0.25) is 18.6 Å². The molecule has 3 atom stereocenters. The lowest BCUT2D eigenvalue weighted by Gasteiger charge is -2.20. The highest BCUT2D eigenvalue weighted by Crippen LogP contribution is 2.43. The van der Waals surface area contributed by atoms with Gasteiger partial charge in [0.15, 0.2) is 6.10 Å². The van der Waals surface area contributed by atoms with Crippen molar-refractivity contribution in [1.82, 2.24) is 0 Å². The van der Waals surface area contributed by atoms with Gasteiger partial charge in [-0.1, -0.05) is 187 Å². The van der Waals surface area contributed by atoms with Gasteiger partial charge in [-0.15, -0.1) is 0 Å². The minimum absolute atomic E-state index is 0.189. The number of phosphoric ester groups is 1. The van der Waals surface area contributed by atoms with Crippen LogP contribution in [0, 0.1) is 0 Å². The van der Waals surface area contributed by atoms with Crippen molar-refractivity contribution >= 4 is 19.8 Å². The van der Waals surface area contributed by atoms with Crippen LogP contribution >= 0.6 is 7.82 Å². The van der Waals surface area contributed by atoms with Crippen molar-refractivity contribution in [1.29, 1.82) is 0 Å². The topological polar surface area (TPSA) is 149 Å². The van der Waals surface area contributed by atoms with E-state index in [9.17, 15) is 24.2 Å². The Morgan fingerprint density at radius 1 is 0.518 bits per heavy atom. The predicted octanol–water partition coefficient (Wildman–Crippen LogP) is 12.4. The van der Waals surface area contributed by atoms with Crippen LogP contribution in [0.15, 0.2) is 12.2 Å². The Kier molecular flexibility index (Phi) is 40.9. The number of unbranched alkanes of at least 4 members (excludes halogenated alkanes) is 28. The fraction of sp³-hybridized carbons (Fsp3) is 0.911. The van der Waals surface area contributed by atoms with Gasteiger partial charge in [0, 0.05) is 12.8 Å². The molecule has 0 fully saturated rings. The lowest BCUT2D eigenvalue weighted by molar-refractivity contribution is -0.161. The molecule has 0 aromatic heterocycles. The number of aliphatic hydroxyl groups excluding tert-OH is 2. The summed E-state index contributed by atoms with van der Waals surface area (Å²) in [6.07, 6.45) is 40.3. The minimum atomic E-state index is -4.61. The quantitative estimate of drug-likeness (QED) is 0.0235. The highest BCUT2D eigenvalue weighted by molar-refractivity contribution is 7.47. The molecule has 10 nitrogen and oxygen atoms in total. The number of esters is 2. The second-order valence-corrected chi connectivity index (χ2v) is 17.2. The number of phosphoric acid groups is 1. The van der Waals surface area contributed by atoms with Crippen molar-refractivity contribution in [2.45, 2.75) is 238 Å². The first kappa shape index (κ1) is 54.7. The van der Waals surface area contributed by atoms with E-state index < -0.39 is 51.8 Å². The molecule has 11 heteroatoms. The van der Waals surface area contributed by atoms with Crippen LogP contribution in [0.3, 0.4) is 0 Å². The Bertz CT molecular complexity index is 946. The lowest BCUT2D eigenvalue weighted by Crippen LogP contribution is -2.29. The number of carbonyl (C=O) groups excluding carboxylic acids is 2. The number of hydrogen-bond acceptors (Lipinski definition) is 9. The van der Waals surface area contributed by atoms with Crippen LogP contribution in [-0.2, 0) is 32.7 Å². The van der Waals surface area contributed by atoms with E-state index in [1.807, 2.05) is 0 Å². The first-order valence-electron chi connectivity index (χ1n) is 23.1. The van der Waals surface area contributed by atoms with Crippen molar-refractivity contribution in [3.63, 3.8) is 0 Å². The van der Waals surface area contributed by atoms with Crippen LogP contribution in [0.5, 0.6) is 0 Å². The molecule has 0 aliphatic carbocycles. The number of ether oxygens (including phenoxy) is 2. The summed E-state index contributed by atoms with van der Waals surface area (Å²) in [5, 5.41) is 18.3. The van der Waals surface area contributed by atoms with Crippen molar-refractivity contribution in [2.75, 3.05) is 26.4 Å². The highest BCUT2D eigenvalue weighted by atomic mass is 31.2. The van der Waals surface area contributed by atoms with Gasteiger partial charge in [0.1, 0.15) is 12.7 Å². The Morgan fingerprint density at radius 3 is 1.29 bits per heavy atom. The molecule has 0 radical (unpaired) electrons. The van der Waals surface area contributed by atoms with Gasteiger partial charge in [0.05, 0.1) is 19.8 Å². The lowest BCUT2D eigenvalue weighted by atomic mass is 10.0. The van der Waals surface area contributed by atoms with E-state index in [4.69, 9.17) is 23.6 Å². The number of rotatable bonds is 44. The average molecular weight is 819 g/mol. The summed E-state index contributed by atoms with van der Waals surface area (Å²) in [4.78, 5) is 35.0. The summed E-state index contributed by atoms with van der Waals surface area (Å²) in [7, 11) is -4.61. The van der Waals surface area contributed by atoms with Crippen LogP contribution in [0.4, 0.5) is 0 Å². The van der Waals surface area contributed by atoms with E-state index in [1.54, 1.807) is 0 Å². The Morgan fingerprint density at radius 2 is 0.875 bits per heavy atom. The van der Waals surface area contributed by atoms with Gasteiger partial charge >= 0.3 is 19.8 Å². The third-order valence-corrected chi connectivity index (χ3v) is 11.1. The third-order valence-electron chi connectivity index (χ3n) is 10.2. The van der Waals surface area contributed by atoms with Crippen molar-refractivity contribution in [3.8, 4) is 0 Å². The number of hydrogen-bond donors (Lipinski definition) is 3. The second kappa shape index (κ2) is 41.9. The summed E-state index contributed by atoms with van der Waals surface area (Å²) >= 11 is 0. The molecule has 0 saturated carbocycles. The maximum atomic E-state index is 12.6. The standard InChI is InChI=1S/C45H87O10P/c1-3-5-7-9-11-13-15-17-19-21-23-24-26-28-30-32-34-36-44(48)52-40-43(41-54-56(50,51)53-39-42(47)38-46)55-45(49)37-35-33-31-29-27-25-22-20-18-16-14-12-10-8-6-4-2/h17,19,42-43,46-47H,3-16,18,20-41H2,1-2H3,(H,50,51)/b19-17-/t42-,43+/m0/s1. The second-order valence-electron chi connectivity index (χ2n) is 15.8. The zero-order valence-corrected chi connectivity index (χ0v) is 37.0. The van der Waals surface area contributed by atoms with Gasteiger partial charge in [-0.05, 0) is 38.5 Å². The first-order chi connectivity index (χ1) is 27.2. The molecule has 0 amide bonds. The molecular weight excluding hydrogens is 731 g/mol. The molecule has 0 aliphatic rings. The van der Waals surface area contributed by atoms with E-state index in [0.717, 1.165) is 44.9 Å². The molecule has 1 unspecified atom stereocenters. The van der Waals surface area contributed by atoms with Crippen molar-refractivity contribution in [2.24, 2.45) is 0 Å². The summed E-state index contributed by atoms with van der Waals surface area (Å²) in [5.74, 6) is -0.917. The molecule has 0 aromatic carbocycles. The predicted molar refractivity (Wildman–Crippen MR) is 229 cm³/mol. The van der Waals surface area contributed by atoms with Gasteiger partial charge in [-0.2, -0.15) is 0 Å². The van der Waals surface area contributed by atoms with Crippen LogP contribution < -0.4 is 0 Å². The molecule has 0 saturated heterocycles. The van der Waals surface area contributed by atoms with E-state index in [0.29, 0.717) is 12.8 Å². The molecule has 0 aliphatic heterocycles. The Labute approximate surface area is 343 Å². The molecule has 0 heterocycles. The van der Waals surface area contributed by atoms with Crippen LogP contribution in [0.25, 0.3) is 0 Å². The fourth-order valence-corrected chi connectivity index (χ4v) is 7.37. The maximum absolute atomic E-state index is 12.6. The zero-order chi connectivity index (χ0) is 41.2. The Balaban J connectivity index is 4.23. The van der Waals surface area contributed by atoms with Gasteiger partial charge in [0.25, 0.3) is 0 Å². The van der Waals surface area contributed by atoms with Crippen molar-refractivity contribution in [3.05, 3.63) is 12.2 Å². The van der Waals surface area contributed by atoms with E-state index >= 15 is 0 Å². The monoisotopic (exact) mass is 819 g/mol. The van der Waals surface area contributed by atoms with Gasteiger partial charge in [0.2, 0.25) is 0 Å². The van der Waals surface area contributed by atoms with Crippen molar-refractivity contribution < 1.29 is 47.8 Å². The largest absolute Gasteiger partial charge is 0.472 e. The summed E-state index contributed by atoms with van der Waals surface area (Å²) in [5.41, 5.74) is 0. The molecule has 0 aromatic rings. The third kappa shape index (κ3) is 40.9. The average Bonchev–Trinajstić information content (AvgIpc) is 3.19. The normalized spacial score (nSPS) is 13.9. The van der Waals surface area contributed by atoms with E-state index in [2.05, 4.69) is 26.0 Å². The molecule has 0 bridgehead atoms. The first-order valence-corrected chi connectivity index (χ1v) is 24.6. The van der Waals surface area contributed by atoms with E-state index in [-0.39, 0.29) is 19.4 Å². The van der Waals surface area contributed by atoms with E-state index in [1.165, 1.54) is 141 Å². The molecule has 0 spiro atoms. The van der Waals surface area contributed by atoms with Crippen LogP contribution in [-0.4, -0.2) is 65.7 Å². The summed E-state index contributed by atoms with van der Waals surface area (Å²) in [6.45, 7) is 2.41. The number of allylic oxidation sites excluding steroid dienone is 2. The summed E-state index contributed by atoms with van der Waals surface area (Å²) < 4.78 is 32.8. The van der Waals surface area contributed by atoms with Crippen LogP contribution in [0.2, 0.25) is 0 Å². The number of aliphatic hydroxyl groups is 2. The SMILES string of the molecule is CCCCCCCC/C=C\CCCCCCCCCC(=O)OC[C@H](COP(=O)(O)OC[C@@H](O)CO)OC(=O)CCCCCCCCCCCCCCCCCC. The van der Waals surface area contributed by atoms with Gasteiger partial charge < -0.3 is 24.6 Å². The minimum Gasteiger partial charge on any atom is -0.462 e. The molecule has 56 heavy (non-hydrogen) atoms. The molecule has 332 valence electrons. The van der Waals surface area contributed by atoms with Crippen LogP contribution in [0.1, 0.15) is 226 Å². The zero-order valence-electron chi connectivity index (χ0n) is 36.1. The highest BCUT2D eigenvalue weighted by Gasteiger charge is 2.27. The molecule has 3 N–H and O–H groups in total. The maximum Gasteiger partial charge on any atom is 0.472 e. The smallest absolute Gasteiger partial charge is 0.462 e. The summed E-state index contributed by atoms with van der Waals surface area (Å²) in [6, 6.07) is 0.